The average Bonchev–Trinajstić information content (AvgIpc) is 2.04. The van der Waals surface area contributed by atoms with E-state index in [4.69, 9.17) is 0 Å². The lowest BCUT2D eigenvalue weighted by Gasteiger charge is -2.21. The molecule has 0 aliphatic heterocycles. The predicted molar refractivity (Wildman–Crippen MR) is 60.0 cm³/mol. The highest BCUT2D eigenvalue weighted by Crippen LogP contribution is 2.10. The van der Waals surface area contributed by atoms with Gasteiger partial charge in [0.15, 0.2) is 0 Å². The minimum Gasteiger partial charge on any atom is -0.306 e. The highest BCUT2D eigenvalue weighted by molar-refractivity contribution is 9.09. The van der Waals surface area contributed by atoms with E-state index in [1.54, 1.807) is 0 Å². The van der Waals surface area contributed by atoms with Crippen LogP contribution in [-0.4, -0.2) is 30.4 Å². The van der Waals surface area contributed by atoms with Crippen LogP contribution in [0.2, 0.25) is 0 Å². The molecule has 0 aromatic rings. The Bertz CT molecular complexity index is 95.8. The van der Waals surface area contributed by atoms with Crippen LogP contribution in [-0.2, 0) is 0 Å². The summed E-state index contributed by atoms with van der Waals surface area (Å²) in [6, 6.07) is 0. The molecule has 1 unspecified atom stereocenters. The molecule has 74 valence electrons. The molecule has 0 aliphatic rings. The molecule has 0 aromatic heterocycles. The molecule has 0 saturated heterocycles. The Morgan fingerprint density at radius 3 is 2.33 bits per heavy atom. The lowest BCUT2D eigenvalue weighted by atomic mass is 10.1. The first-order valence-corrected chi connectivity index (χ1v) is 6.11. The number of nitrogens with zero attached hydrogens (tertiary/aromatic N) is 1. The Hall–Kier alpha value is 0.440. The van der Waals surface area contributed by atoms with Gasteiger partial charge in [0.05, 0.1) is 0 Å². The standard InChI is InChI=1S/C10H22BrN/c1-4-6-10(8-11)9-12(3)7-5-2/h10H,4-9H2,1-3H3. The van der Waals surface area contributed by atoms with Gasteiger partial charge in [-0.25, -0.2) is 0 Å². The van der Waals surface area contributed by atoms with E-state index < -0.39 is 0 Å². The van der Waals surface area contributed by atoms with E-state index in [-0.39, 0.29) is 0 Å². The van der Waals surface area contributed by atoms with Crippen molar-refractivity contribution in [3.8, 4) is 0 Å². The molecule has 1 nitrogen and oxygen atoms in total. The van der Waals surface area contributed by atoms with Gasteiger partial charge in [0, 0.05) is 11.9 Å². The van der Waals surface area contributed by atoms with Crippen LogP contribution in [0.4, 0.5) is 0 Å². The molecule has 0 radical (unpaired) electrons. The molecule has 0 rings (SSSR count). The summed E-state index contributed by atoms with van der Waals surface area (Å²) in [5, 5.41) is 1.15. The van der Waals surface area contributed by atoms with Crippen molar-refractivity contribution in [2.75, 3.05) is 25.5 Å². The molecule has 0 bridgehead atoms. The van der Waals surface area contributed by atoms with Gasteiger partial charge >= 0.3 is 0 Å². The maximum Gasteiger partial charge on any atom is 0.00718 e. The molecule has 1 atom stereocenters. The van der Waals surface area contributed by atoms with Crippen molar-refractivity contribution in [2.24, 2.45) is 5.92 Å². The van der Waals surface area contributed by atoms with Gasteiger partial charge in [-0.05, 0) is 32.4 Å². The largest absolute Gasteiger partial charge is 0.306 e. The summed E-state index contributed by atoms with van der Waals surface area (Å²) in [6.45, 7) is 6.97. The smallest absolute Gasteiger partial charge is 0.00718 e. The highest BCUT2D eigenvalue weighted by atomic mass is 79.9. The van der Waals surface area contributed by atoms with Gasteiger partial charge in [-0.15, -0.1) is 0 Å². The minimum absolute atomic E-state index is 0.839. The maximum atomic E-state index is 3.57. The second kappa shape index (κ2) is 8.06. The molecule has 0 aliphatic carbocycles. The van der Waals surface area contributed by atoms with E-state index in [0.717, 1.165) is 11.2 Å². The van der Waals surface area contributed by atoms with Crippen LogP contribution in [0.3, 0.4) is 0 Å². The van der Waals surface area contributed by atoms with E-state index in [9.17, 15) is 0 Å². The van der Waals surface area contributed by atoms with Crippen LogP contribution in [0.15, 0.2) is 0 Å². The third kappa shape index (κ3) is 6.01. The molecule has 2 heteroatoms. The fraction of sp³-hybridized carbons (Fsp3) is 1.00. The summed E-state index contributed by atoms with van der Waals surface area (Å²) >= 11 is 3.57. The van der Waals surface area contributed by atoms with Crippen LogP contribution in [0.5, 0.6) is 0 Å². The van der Waals surface area contributed by atoms with Gasteiger partial charge in [-0.3, -0.25) is 0 Å². The summed E-state index contributed by atoms with van der Waals surface area (Å²) in [5.74, 6) is 0.839. The van der Waals surface area contributed by atoms with E-state index in [0.29, 0.717) is 0 Å². The number of hydrogen-bond acceptors (Lipinski definition) is 1. The first-order valence-electron chi connectivity index (χ1n) is 4.99. The fourth-order valence-electron chi connectivity index (χ4n) is 1.54. The lowest BCUT2D eigenvalue weighted by Crippen LogP contribution is -2.27. The minimum atomic E-state index is 0.839. The Balaban J connectivity index is 3.53. The van der Waals surface area contributed by atoms with Gasteiger partial charge < -0.3 is 4.90 Å². The third-order valence-corrected chi connectivity index (χ3v) is 3.01. The lowest BCUT2D eigenvalue weighted by molar-refractivity contribution is 0.281. The molecule has 0 spiro atoms. The molecule has 0 saturated carbocycles. The topological polar surface area (TPSA) is 3.24 Å². The zero-order valence-corrected chi connectivity index (χ0v) is 10.2. The Labute approximate surface area is 85.7 Å². The molecule has 0 fully saturated rings. The highest BCUT2D eigenvalue weighted by Gasteiger charge is 2.08. The van der Waals surface area contributed by atoms with Crippen LogP contribution in [0.25, 0.3) is 0 Å². The first-order chi connectivity index (χ1) is 5.74. The maximum absolute atomic E-state index is 3.57. The zero-order valence-electron chi connectivity index (χ0n) is 8.65. The normalized spacial score (nSPS) is 13.8. The second-order valence-corrected chi connectivity index (χ2v) is 4.22. The Morgan fingerprint density at radius 1 is 1.25 bits per heavy atom. The molecular formula is C10H22BrN. The number of hydrogen-bond donors (Lipinski definition) is 0. The van der Waals surface area contributed by atoms with Gasteiger partial charge in [-0.1, -0.05) is 36.2 Å². The van der Waals surface area contributed by atoms with Crippen molar-refractivity contribution in [3.63, 3.8) is 0 Å². The first kappa shape index (κ1) is 12.4. The molecule has 0 aromatic carbocycles. The molecular weight excluding hydrogens is 214 g/mol. The van der Waals surface area contributed by atoms with E-state index >= 15 is 0 Å². The predicted octanol–water partition coefficient (Wildman–Crippen LogP) is 3.14. The SMILES string of the molecule is CCCC(CBr)CN(C)CCC. The third-order valence-electron chi connectivity index (χ3n) is 2.09. The van der Waals surface area contributed by atoms with Crippen LogP contribution < -0.4 is 0 Å². The van der Waals surface area contributed by atoms with Crippen LogP contribution in [0.1, 0.15) is 33.1 Å². The Morgan fingerprint density at radius 2 is 1.92 bits per heavy atom. The Kier molecular flexibility index (Phi) is 8.35. The quantitative estimate of drug-likeness (QED) is 0.614. The van der Waals surface area contributed by atoms with Crippen molar-refractivity contribution in [2.45, 2.75) is 33.1 Å². The van der Waals surface area contributed by atoms with Crippen molar-refractivity contribution >= 4 is 15.9 Å². The summed E-state index contributed by atoms with van der Waals surface area (Å²) in [7, 11) is 2.22. The van der Waals surface area contributed by atoms with E-state index in [1.165, 1.54) is 32.4 Å². The summed E-state index contributed by atoms with van der Waals surface area (Å²) < 4.78 is 0. The van der Waals surface area contributed by atoms with Crippen LogP contribution >= 0.6 is 15.9 Å². The van der Waals surface area contributed by atoms with Crippen LogP contribution in [0, 0.1) is 5.92 Å². The second-order valence-electron chi connectivity index (χ2n) is 3.57. The molecule has 12 heavy (non-hydrogen) atoms. The van der Waals surface area contributed by atoms with Gasteiger partial charge in [0.25, 0.3) is 0 Å². The van der Waals surface area contributed by atoms with E-state index in [1.807, 2.05) is 0 Å². The van der Waals surface area contributed by atoms with Crippen molar-refractivity contribution in [1.82, 2.24) is 4.90 Å². The molecule has 0 N–H and O–H groups in total. The number of rotatable bonds is 7. The zero-order chi connectivity index (χ0) is 9.40. The fourth-order valence-corrected chi connectivity index (χ4v) is 2.07. The molecule has 0 amide bonds. The number of halogens is 1. The average molecular weight is 236 g/mol. The van der Waals surface area contributed by atoms with E-state index in [2.05, 4.69) is 41.7 Å². The van der Waals surface area contributed by atoms with Gasteiger partial charge in [0.1, 0.15) is 0 Å². The van der Waals surface area contributed by atoms with Crippen molar-refractivity contribution in [3.05, 3.63) is 0 Å². The number of alkyl halides is 1. The summed E-state index contributed by atoms with van der Waals surface area (Å²) in [6.07, 6.45) is 3.91. The van der Waals surface area contributed by atoms with Crippen molar-refractivity contribution in [1.29, 1.82) is 0 Å². The monoisotopic (exact) mass is 235 g/mol. The summed E-state index contributed by atoms with van der Waals surface area (Å²) in [5.41, 5.74) is 0. The summed E-state index contributed by atoms with van der Waals surface area (Å²) in [4.78, 5) is 2.43. The van der Waals surface area contributed by atoms with Crippen molar-refractivity contribution < 1.29 is 0 Å². The van der Waals surface area contributed by atoms with Gasteiger partial charge in [0.2, 0.25) is 0 Å². The van der Waals surface area contributed by atoms with Gasteiger partial charge in [-0.2, -0.15) is 0 Å². The molecule has 0 heterocycles.